The molecule has 3 aromatic rings. The van der Waals surface area contributed by atoms with Crippen LogP contribution in [-0.4, -0.2) is 32.6 Å². The molecule has 0 N–H and O–H groups in total. The lowest BCUT2D eigenvalue weighted by molar-refractivity contribution is 0.647. The summed E-state index contributed by atoms with van der Waals surface area (Å²) in [7, 11) is 2.13. The topological polar surface area (TPSA) is 46.8 Å². The third kappa shape index (κ3) is 2.67. The van der Waals surface area contributed by atoms with E-state index in [0.29, 0.717) is 6.04 Å². The van der Waals surface area contributed by atoms with Crippen molar-refractivity contribution in [3.8, 4) is 0 Å². The quantitative estimate of drug-likeness (QED) is 0.742. The van der Waals surface area contributed by atoms with Crippen molar-refractivity contribution in [1.82, 2.24) is 19.5 Å². The van der Waals surface area contributed by atoms with Crippen molar-refractivity contribution < 1.29 is 0 Å². The van der Waals surface area contributed by atoms with Crippen LogP contribution in [0.25, 0.3) is 11.2 Å². The summed E-state index contributed by atoms with van der Waals surface area (Å²) in [6.45, 7) is 0.779. The Bertz CT molecular complexity index is 790. The Balaban J connectivity index is 1.69. The van der Waals surface area contributed by atoms with Crippen LogP contribution in [0.2, 0.25) is 0 Å². The van der Waals surface area contributed by atoms with Crippen LogP contribution in [-0.2, 0) is 6.54 Å². The molecule has 0 bridgehead atoms. The number of hydrogen-bond donors (Lipinski definition) is 0. The number of nitrogens with zero attached hydrogens (tertiary/aromatic N) is 5. The molecule has 1 aliphatic carbocycles. The highest BCUT2D eigenvalue weighted by Gasteiger charge is 2.23. The molecule has 0 atom stereocenters. The maximum absolute atomic E-state index is 4.60. The fraction of sp³-hybridized carbons (Fsp3) is 0.389. The van der Waals surface area contributed by atoms with Crippen LogP contribution >= 0.6 is 0 Å². The second-order valence-corrected chi connectivity index (χ2v) is 6.28. The minimum atomic E-state index is 0.576. The molecule has 0 saturated heterocycles. The Morgan fingerprint density at radius 3 is 2.65 bits per heavy atom. The molecule has 0 radical (unpaired) electrons. The van der Waals surface area contributed by atoms with Gasteiger partial charge in [0.25, 0.3) is 0 Å². The van der Waals surface area contributed by atoms with E-state index in [1.807, 2.05) is 12.4 Å². The van der Waals surface area contributed by atoms with Gasteiger partial charge in [-0.1, -0.05) is 43.2 Å². The summed E-state index contributed by atoms with van der Waals surface area (Å²) >= 11 is 0. The summed E-state index contributed by atoms with van der Waals surface area (Å²) in [6, 6.07) is 11.0. The molecule has 2 aromatic heterocycles. The van der Waals surface area contributed by atoms with Gasteiger partial charge in [-0.2, -0.15) is 0 Å². The van der Waals surface area contributed by atoms with E-state index in [1.165, 1.54) is 31.2 Å². The van der Waals surface area contributed by atoms with Gasteiger partial charge in [0.2, 0.25) is 0 Å². The van der Waals surface area contributed by atoms with Crippen molar-refractivity contribution in [3.05, 3.63) is 48.5 Å². The van der Waals surface area contributed by atoms with Gasteiger partial charge >= 0.3 is 0 Å². The van der Waals surface area contributed by atoms with E-state index in [9.17, 15) is 0 Å². The largest absolute Gasteiger partial charge is 0.355 e. The average Bonchev–Trinajstić information content (AvgIpc) is 3.25. The second-order valence-electron chi connectivity index (χ2n) is 6.28. The first-order chi connectivity index (χ1) is 11.3. The molecule has 2 heterocycles. The number of fused-ring (bicyclic) bond motifs is 1. The van der Waals surface area contributed by atoms with E-state index in [4.69, 9.17) is 0 Å². The fourth-order valence-electron chi connectivity index (χ4n) is 3.49. The van der Waals surface area contributed by atoms with Gasteiger partial charge in [0.1, 0.15) is 6.33 Å². The molecule has 0 spiro atoms. The molecule has 1 fully saturated rings. The first kappa shape index (κ1) is 14.2. The van der Waals surface area contributed by atoms with Crippen molar-refractivity contribution in [1.29, 1.82) is 0 Å². The fourth-order valence-corrected chi connectivity index (χ4v) is 3.49. The van der Waals surface area contributed by atoms with E-state index in [1.54, 1.807) is 6.33 Å². The zero-order valence-corrected chi connectivity index (χ0v) is 13.4. The van der Waals surface area contributed by atoms with Gasteiger partial charge in [-0.25, -0.2) is 15.0 Å². The smallest absolute Gasteiger partial charge is 0.165 e. The van der Waals surface area contributed by atoms with Crippen LogP contribution in [0, 0.1) is 0 Å². The maximum atomic E-state index is 4.60. The molecule has 5 heteroatoms. The van der Waals surface area contributed by atoms with Crippen molar-refractivity contribution in [2.45, 2.75) is 38.3 Å². The number of aromatic nitrogens is 4. The predicted octanol–water partition coefficient (Wildman–Crippen LogP) is 3.25. The van der Waals surface area contributed by atoms with E-state index in [0.717, 1.165) is 23.5 Å². The summed E-state index contributed by atoms with van der Waals surface area (Å²) in [5.74, 6) is 0.953. The number of hydrogen-bond acceptors (Lipinski definition) is 4. The first-order valence-electron chi connectivity index (χ1n) is 8.25. The Morgan fingerprint density at radius 1 is 1.09 bits per heavy atom. The molecular formula is C18H21N5. The van der Waals surface area contributed by atoms with Crippen molar-refractivity contribution >= 4 is 17.0 Å². The molecule has 0 amide bonds. The van der Waals surface area contributed by atoms with Crippen molar-refractivity contribution in [2.75, 3.05) is 11.9 Å². The van der Waals surface area contributed by atoms with Gasteiger partial charge in [0.05, 0.1) is 12.9 Å². The lowest BCUT2D eigenvalue weighted by Crippen LogP contribution is -2.29. The molecule has 0 unspecified atom stereocenters. The molecule has 0 aliphatic heterocycles. The van der Waals surface area contributed by atoms with Crippen LogP contribution in [0.1, 0.15) is 31.2 Å². The number of benzene rings is 1. The van der Waals surface area contributed by atoms with E-state index in [2.05, 4.69) is 55.7 Å². The lowest BCUT2D eigenvalue weighted by Gasteiger charge is -2.25. The molecule has 23 heavy (non-hydrogen) atoms. The highest BCUT2D eigenvalue weighted by molar-refractivity contribution is 5.83. The van der Waals surface area contributed by atoms with Gasteiger partial charge in [0.15, 0.2) is 17.0 Å². The summed E-state index contributed by atoms with van der Waals surface area (Å²) in [6.07, 6.45) is 8.64. The molecular weight excluding hydrogens is 286 g/mol. The van der Waals surface area contributed by atoms with Gasteiger partial charge in [-0.15, -0.1) is 0 Å². The standard InChI is InChI=1S/C18H21N5/c1-22(15-9-5-6-10-15)17-16-18(20-12-19-17)23(13-21-16)11-14-7-3-2-4-8-14/h2-4,7-8,12-13,15H,5-6,9-11H2,1H3. The second kappa shape index (κ2) is 5.99. The van der Waals surface area contributed by atoms with Crippen LogP contribution in [0.3, 0.4) is 0 Å². The summed E-state index contributed by atoms with van der Waals surface area (Å²) in [5.41, 5.74) is 3.05. The molecule has 118 valence electrons. The zero-order valence-electron chi connectivity index (χ0n) is 13.4. The van der Waals surface area contributed by atoms with Gasteiger partial charge in [0, 0.05) is 13.1 Å². The summed E-state index contributed by atoms with van der Waals surface area (Å²) < 4.78 is 2.10. The minimum Gasteiger partial charge on any atom is -0.355 e. The van der Waals surface area contributed by atoms with Crippen LogP contribution < -0.4 is 4.90 Å². The van der Waals surface area contributed by atoms with Crippen LogP contribution in [0.4, 0.5) is 5.82 Å². The van der Waals surface area contributed by atoms with Gasteiger partial charge in [-0.3, -0.25) is 0 Å². The third-order valence-electron chi connectivity index (χ3n) is 4.78. The Labute approximate surface area is 136 Å². The van der Waals surface area contributed by atoms with Crippen LogP contribution in [0.15, 0.2) is 43.0 Å². The van der Waals surface area contributed by atoms with E-state index >= 15 is 0 Å². The molecule has 1 aliphatic rings. The Hall–Kier alpha value is -2.43. The first-order valence-corrected chi connectivity index (χ1v) is 8.25. The third-order valence-corrected chi connectivity index (χ3v) is 4.78. The summed E-state index contributed by atoms with van der Waals surface area (Å²) in [5, 5.41) is 0. The molecule has 5 nitrogen and oxygen atoms in total. The number of imidazole rings is 1. The number of anilines is 1. The highest BCUT2D eigenvalue weighted by atomic mass is 15.2. The molecule has 1 saturated carbocycles. The SMILES string of the molecule is CN(c1ncnc2c1ncn2Cc1ccccc1)C1CCCC1. The van der Waals surface area contributed by atoms with Crippen molar-refractivity contribution in [3.63, 3.8) is 0 Å². The normalized spacial score (nSPS) is 15.3. The zero-order chi connectivity index (χ0) is 15.6. The van der Waals surface area contributed by atoms with Crippen LogP contribution in [0.5, 0.6) is 0 Å². The summed E-state index contributed by atoms with van der Waals surface area (Å²) in [4.78, 5) is 15.9. The molecule has 1 aromatic carbocycles. The Kier molecular flexibility index (Phi) is 3.69. The van der Waals surface area contributed by atoms with Gasteiger partial charge in [-0.05, 0) is 18.4 Å². The average molecular weight is 307 g/mol. The van der Waals surface area contributed by atoms with E-state index in [-0.39, 0.29) is 0 Å². The minimum absolute atomic E-state index is 0.576. The number of rotatable bonds is 4. The predicted molar refractivity (Wildman–Crippen MR) is 91.5 cm³/mol. The monoisotopic (exact) mass is 307 g/mol. The van der Waals surface area contributed by atoms with Crippen molar-refractivity contribution in [2.24, 2.45) is 0 Å². The van der Waals surface area contributed by atoms with Gasteiger partial charge < -0.3 is 9.47 Å². The van der Waals surface area contributed by atoms with E-state index < -0.39 is 0 Å². The highest BCUT2D eigenvalue weighted by Crippen LogP contribution is 2.29. The molecule has 4 rings (SSSR count). The lowest BCUT2D eigenvalue weighted by atomic mass is 10.2. The maximum Gasteiger partial charge on any atom is 0.165 e. The Morgan fingerprint density at radius 2 is 1.87 bits per heavy atom.